The fourth-order valence-electron chi connectivity index (χ4n) is 3.57. The van der Waals surface area contributed by atoms with Gasteiger partial charge in [-0.2, -0.15) is 4.98 Å². The molecule has 1 fully saturated rings. The van der Waals surface area contributed by atoms with Crippen LogP contribution in [0.25, 0.3) is 0 Å². The number of aromatic nitrogens is 2. The maximum atomic E-state index is 12.4. The third kappa shape index (κ3) is 6.13. The second kappa shape index (κ2) is 10.5. The van der Waals surface area contributed by atoms with Crippen LogP contribution >= 0.6 is 34.8 Å². The summed E-state index contributed by atoms with van der Waals surface area (Å²) < 4.78 is 0. The standard InChI is InChI=1S/C21H26Cl3N5O/c1-29(2)18-9-10-25-21(28-18)27-14-5-3-13(4-6-14)12-26-19(30)11-15-16(22)7-8-17(23)20(15)24/h7-10,13-14H,3-6,11-12H2,1-2H3,(H,26,30)(H,25,27,28). The lowest BCUT2D eigenvalue weighted by molar-refractivity contribution is -0.120. The van der Waals surface area contributed by atoms with Crippen LogP contribution in [-0.4, -0.2) is 42.6 Å². The van der Waals surface area contributed by atoms with Crippen LogP contribution < -0.4 is 15.5 Å². The minimum Gasteiger partial charge on any atom is -0.363 e. The molecule has 6 nitrogen and oxygen atoms in total. The van der Waals surface area contributed by atoms with E-state index in [-0.39, 0.29) is 12.3 Å². The van der Waals surface area contributed by atoms with Crippen molar-refractivity contribution in [3.05, 3.63) is 45.0 Å². The van der Waals surface area contributed by atoms with Gasteiger partial charge in [-0.1, -0.05) is 34.8 Å². The Kier molecular flexibility index (Phi) is 8.03. The van der Waals surface area contributed by atoms with Crippen LogP contribution in [0, 0.1) is 5.92 Å². The molecule has 1 heterocycles. The van der Waals surface area contributed by atoms with Crippen molar-refractivity contribution >= 4 is 52.5 Å². The van der Waals surface area contributed by atoms with Crippen LogP contribution in [0.3, 0.4) is 0 Å². The van der Waals surface area contributed by atoms with Gasteiger partial charge >= 0.3 is 0 Å². The zero-order chi connectivity index (χ0) is 21.7. The first-order chi connectivity index (χ1) is 14.3. The predicted molar refractivity (Wildman–Crippen MR) is 124 cm³/mol. The van der Waals surface area contributed by atoms with E-state index in [0.717, 1.165) is 31.5 Å². The van der Waals surface area contributed by atoms with Crippen molar-refractivity contribution in [3.63, 3.8) is 0 Å². The molecule has 9 heteroatoms. The largest absolute Gasteiger partial charge is 0.363 e. The van der Waals surface area contributed by atoms with E-state index < -0.39 is 0 Å². The Bertz CT molecular complexity index is 885. The molecule has 3 rings (SSSR count). The summed E-state index contributed by atoms with van der Waals surface area (Å²) in [5.74, 6) is 1.89. The Balaban J connectivity index is 1.43. The lowest BCUT2D eigenvalue weighted by atomic mass is 9.86. The number of hydrogen-bond acceptors (Lipinski definition) is 5. The molecule has 0 bridgehead atoms. The van der Waals surface area contributed by atoms with Crippen LogP contribution in [0.1, 0.15) is 31.2 Å². The van der Waals surface area contributed by atoms with E-state index in [2.05, 4.69) is 20.6 Å². The van der Waals surface area contributed by atoms with Crippen molar-refractivity contribution in [2.75, 3.05) is 30.9 Å². The van der Waals surface area contributed by atoms with Crippen molar-refractivity contribution in [2.45, 2.75) is 38.1 Å². The molecule has 1 aliphatic rings. The molecule has 0 spiro atoms. The Morgan fingerprint density at radius 1 is 1.10 bits per heavy atom. The highest BCUT2D eigenvalue weighted by atomic mass is 35.5. The molecule has 1 aromatic heterocycles. The molecule has 30 heavy (non-hydrogen) atoms. The Morgan fingerprint density at radius 3 is 2.50 bits per heavy atom. The third-order valence-corrected chi connectivity index (χ3v) is 6.54. The van der Waals surface area contributed by atoms with Gasteiger partial charge in [-0.3, -0.25) is 4.79 Å². The Morgan fingerprint density at radius 2 is 1.80 bits per heavy atom. The zero-order valence-corrected chi connectivity index (χ0v) is 19.4. The highest BCUT2D eigenvalue weighted by Gasteiger charge is 2.22. The SMILES string of the molecule is CN(C)c1ccnc(NC2CCC(CNC(=O)Cc3c(Cl)ccc(Cl)c3Cl)CC2)n1. The molecule has 2 N–H and O–H groups in total. The highest BCUT2D eigenvalue weighted by molar-refractivity contribution is 6.44. The molecule has 1 saturated carbocycles. The van der Waals surface area contributed by atoms with Gasteiger partial charge < -0.3 is 15.5 Å². The maximum absolute atomic E-state index is 12.4. The minimum atomic E-state index is -0.102. The zero-order valence-electron chi connectivity index (χ0n) is 17.1. The molecule has 1 aliphatic carbocycles. The Labute approximate surface area is 192 Å². The average molecular weight is 471 g/mol. The summed E-state index contributed by atoms with van der Waals surface area (Å²) in [7, 11) is 3.92. The van der Waals surface area contributed by atoms with Crippen LogP contribution in [0.5, 0.6) is 0 Å². The number of halogens is 3. The normalized spacial score (nSPS) is 18.7. The fourth-order valence-corrected chi connectivity index (χ4v) is 4.25. The summed E-state index contributed by atoms with van der Waals surface area (Å²) in [5.41, 5.74) is 0.566. The van der Waals surface area contributed by atoms with Crippen molar-refractivity contribution in [3.8, 4) is 0 Å². The van der Waals surface area contributed by atoms with E-state index in [4.69, 9.17) is 34.8 Å². The van der Waals surface area contributed by atoms with Crippen molar-refractivity contribution in [2.24, 2.45) is 5.92 Å². The lowest BCUT2D eigenvalue weighted by Crippen LogP contribution is -2.35. The first-order valence-electron chi connectivity index (χ1n) is 9.99. The van der Waals surface area contributed by atoms with Crippen LogP contribution in [-0.2, 0) is 11.2 Å². The number of anilines is 2. The van der Waals surface area contributed by atoms with Gasteiger partial charge in [0.2, 0.25) is 11.9 Å². The first-order valence-corrected chi connectivity index (χ1v) is 11.1. The molecule has 162 valence electrons. The van der Waals surface area contributed by atoms with Gasteiger partial charge in [-0.25, -0.2) is 4.98 Å². The molecule has 1 amide bonds. The van der Waals surface area contributed by atoms with Gasteiger partial charge in [0.1, 0.15) is 5.82 Å². The number of hydrogen-bond donors (Lipinski definition) is 2. The molecule has 0 radical (unpaired) electrons. The van der Waals surface area contributed by atoms with Crippen molar-refractivity contribution in [1.82, 2.24) is 15.3 Å². The summed E-state index contributed by atoms with van der Waals surface area (Å²) in [5, 5.41) is 7.63. The minimum absolute atomic E-state index is 0.102. The second-order valence-electron chi connectivity index (χ2n) is 7.80. The fraction of sp³-hybridized carbons (Fsp3) is 0.476. The van der Waals surface area contributed by atoms with E-state index in [9.17, 15) is 4.79 Å². The van der Waals surface area contributed by atoms with Gasteiger partial charge in [0.05, 0.1) is 16.5 Å². The van der Waals surface area contributed by atoms with Crippen molar-refractivity contribution < 1.29 is 4.79 Å². The average Bonchev–Trinajstić information content (AvgIpc) is 2.73. The van der Waals surface area contributed by atoms with Gasteiger partial charge in [-0.15, -0.1) is 0 Å². The molecular formula is C21H26Cl3N5O. The number of carbonyl (C=O) groups excluding carboxylic acids is 1. The van der Waals surface area contributed by atoms with E-state index in [1.165, 1.54) is 0 Å². The molecule has 0 unspecified atom stereocenters. The van der Waals surface area contributed by atoms with Crippen molar-refractivity contribution in [1.29, 1.82) is 0 Å². The number of amides is 1. The van der Waals surface area contributed by atoms with Gasteiger partial charge in [-0.05, 0) is 49.8 Å². The van der Waals surface area contributed by atoms with E-state index in [1.54, 1.807) is 18.3 Å². The highest BCUT2D eigenvalue weighted by Crippen LogP contribution is 2.32. The smallest absolute Gasteiger partial charge is 0.224 e. The molecule has 0 saturated heterocycles. The van der Waals surface area contributed by atoms with Gasteiger partial charge in [0.15, 0.2) is 0 Å². The number of carbonyl (C=O) groups is 1. The maximum Gasteiger partial charge on any atom is 0.224 e. The van der Waals surface area contributed by atoms with Gasteiger partial charge in [0, 0.05) is 43.5 Å². The van der Waals surface area contributed by atoms with E-state index in [0.29, 0.717) is 45.1 Å². The number of rotatable bonds is 7. The second-order valence-corrected chi connectivity index (χ2v) is 8.99. The number of nitrogens with one attached hydrogen (secondary N) is 2. The monoisotopic (exact) mass is 469 g/mol. The summed E-state index contributed by atoms with van der Waals surface area (Å²) in [4.78, 5) is 23.2. The van der Waals surface area contributed by atoms with Crippen LogP contribution in [0.15, 0.2) is 24.4 Å². The number of nitrogens with zero attached hydrogens (tertiary/aromatic N) is 3. The molecule has 2 aromatic rings. The lowest BCUT2D eigenvalue weighted by Gasteiger charge is -2.29. The third-order valence-electron chi connectivity index (χ3n) is 5.34. The predicted octanol–water partition coefficient (Wildman–Crippen LogP) is 4.83. The first kappa shape index (κ1) is 22.9. The topological polar surface area (TPSA) is 70.2 Å². The molecule has 0 atom stereocenters. The Hall–Kier alpha value is -1.76. The summed E-state index contributed by atoms with van der Waals surface area (Å²) >= 11 is 18.4. The van der Waals surface area contributed by atoms with Crippen LogP contribution in [0.2, 0.25) is 15.1 Å². The molecular weight excluding hydrogens is 445 g/mol. The molecule has 0 aliphatic heterocycles. The summed E-state index contributed by atoms with van der Waals surface area (Å²) in [6, 6.07) is 5.51. The molecule has 1 aromatic carbocycles. The van der Waals surface area contributed by atoms with E-state index in [1.807, 2.05) is 25.1 Å². The summed E-state index contributed by atoms with van der Waals surface area (Å²) in [6.45, 7) is 0.647. The summed E-state index contributed by atoms with van der Waals surface area (Å²) in [6.07, 6.45) is 5.98. The van der Waals surface area contributed by atoms with E-state index >= 15 is 0 Å². The van der Waals surface area contributed by atoms with Crippen LogP contribution in [0.4, 0.5) is 11.8 Å². The quantitative estimate of drug-likeness (QED) is 0.567. The van der Waals surface area contributed by atoms with Gasteiger partial charge in [0.25, 0.3) is 0 Å². The number of benzene rings is 1.